The number of hydrogen-bond acceptors (Lipinski definition) is 8. The van der Waals surface area contributed by atoms with Crippen molar-refractivity contribution >= 4 is 28.4 Å². The predicted molar refractivity (Wildman–Crippen MR) is 130 cm³/mol. The molecule has 3 rings (SSSR count). The highest BCUT2D eigenvalue weighted by atomic mass is 32.1. The summed E-state index contributed by atoms with van der Waals surface area (Å²) in [5, 5.41) is 11.6. The largest absolute Gasteiger partial charge is 0.496 e. The molecule has 0 saturated heterocycles. The van der Waals surface area contributed by atoms with Crippen molar-refractivity contribution in [1.29, 1.82) is 0 Å². The molecule has 0 unspecified atom stereocenters. The minimum atomic E-state index is -0.424. The Morgan fingerprint density at radius 3 is 2.33 bits per heavy atom. The molecule has 0 fully saturated rings. The summed E-state index contributed by atoms with van der Waals surface area (Å²) in [5.41, 5.74) is 2.35. The third-order valence-electron chi connectivity index (χ3n) is 4.94. The van der Waals surface area contributed by atoms with Crippen LogP contribution in [0.1, 0.15) is 42.5 Å². The molecule has 0 atom stereocenters. The Labute approximate surface area is 197 Å². The normalized spacial score (nSPS) is 11.6. The van der Waals surface area contributed by atoms with Crippen LogP contribution in [-0.2, 0) is 11.8 Å². The first-order chi connectivity index (χ1) is 15.7. The topological polar surface area (TPSA) is 96.1 Å². The molecule has 0 radical (unpaired) electrons. The van der Waals surface area contributed by atoms with Gasteiger partial charge in [0.05, 0.1) is 31.9 Å². The van der Waals surface area contributed by atoms with Gasteiger partial charge in [0.2, 0.25) is 5.13 Å². The number of nitro groups is 1. The van der Waals surface area contributed by atoms with Crippen molar-refractivity contribution in [2.45, 2.75) is 32.6 Å². The average molecular weight is 470 g/mol. The summed E-state index contributed by atoms with van der Waals surface area (Å²) in [6, 6.07) is 10.1. The van der Waals surface area contributed by atoms with Crippen LogP contribution in [0.25, 0.3) is 0 Å². The first-order valence-corrected chi connectivity index (χ1v) is 11.1. The van der Waals surface area contributed by atoms with Gasteiger partial charge in [-0.1, -0.05) is 44.2 Å². The lowest BCUT2D eigenvalue weighted by Crippen LogP contribution is -2.14. The molecule has 33 heavy (non-hydrogen) atoms. The number of benzene rings is 2. The second-order valence-corrected chi connectivity index (χ2v) is 9.39. The van der Waals surface area contributed by atoms with E-state index < -0.39 is 4.92 Å². The van der Waals surface area contributed by atoms with E-state index >= 15 is 0 Å². The SMILES string of the molecule is COc1cc(OC)c(OC)cc1Cc1sc(/N=C/c2cccc([N+](=O)[O-])c2)nc1C(C)(C)C. The molecular formula is C24H27N3O5S. The van der Waals surface area contributed by atoms with Gasteiger partial charge in [0.15, 0.2) is 11.5 Å². The van der Waals surface area contributed by atoms with Crippen molar-refractivity contribution in [3.05, 3.63) is 68.2 Å². The van der Waals surface area contributed by atoms with Crippen LogP contribution in [0.5, 0.6) is 17.2 Å². The zero-order valence-corrected chi connectivity index (χ0v) is 20.4. The lowest BCUT2D eigenvalue weighted by atomic mass is 9.90. The minimum absolute atomic E-state index is 0.0229. The number of nitrogens with zero attached hydrogens (tertiary/aromatic N) is 3. The Balaban J connectivity index is 1.98. The second kappa shape index (κ2) is 9.99. The number of aliphatic imine (C=N–C) groups is 1. The smallest absolute Gasteiger partial charge is 0.270 e. The van der Waals surface area contributed by atoms with Crippen LogP contribution >= 0.6 is 11.3 Å². The van der Waals surface area contributed by atoms with Crippen LogP contribution in [0, 0.1) is 10.1 Å². The van der Waals surface area contributed by atoms with Crippen molar-refractivity contribution in [2.75, 3.05) is 21.3 Å². The molecule has 2 aromatic carbocycles. The van der Waals surface area contributed by atoms with Gasteiger partial charge in [-0.2, -0.15) is 0 Å². The molecule has 0 saturated carbocycles. The highest BCUT2D eigenvalue weighted by Crippen LogP contribution is 2.39. The van der Waals surface area contributed by atoms with Gasteiger partial charge in [-0.15, -0.1) is 0 Å². The second-order valence-electron chi connectivity index (χ2n) is 8.32. The molecule has 3 aromatic rings. The van der Waals surface area contributed by atoms with Crippen LogP contribution in [-0.4, -0.2) is 37.5 Å². The maximum absolute atomic E-state index is 11.0. The van der Waals surface area contributed by atoms with E-state index in [-0.39, 0.29) is 11.1 Å². The third kappa shape index (κ3) is 5.67. The summed E-state index contributed by atoms with van der Waals surface area (Å²) < 4.78 is 16.4. The number of thiazole rings is 1. The molecule has 0 aliphatic rings. The van der Waals surface area contributed by atoms with Crippen molar-refractivity contribution in [2.24, 2.45) is 4.99 Å². The van der Waals surface area contributed by atoms with E-state index in [4.69, 9.17) is 19.2 Å². The van der Waals surface area contributed by atoms with Crippen molar-refractivity contribution in [3.8, 4) is 17.2 Å². The number of nitro benzene ring substituents is 1. The molecule has 174 valence electrons. The Morgan fingerprint density at radius 1 is 1.06 bits per heavy atom. The zero-order valence-electron chi connectivity index (χ0n) is 19.5. The fourth-order valence-corrected chi connectivity index (χ4v) is 4.49. The standard InChI is InChI=1S/C24H27N3O5S/c1-24(2,3)22-21(12-16-11-19(31-5)20(32-6)13-18(16)30-4)33-23(26-22)25-14-15-8-7-9-17(10-15)27(28)29/h7-11,13-14H,12H2,1-6H3/b25-14+. The quantitative estimate of drug-likeness (QED) is 0.238. The Morgan fingerprint density at radius 2 is 1.73 bits per heavy atom. The van der Waals surface area contributed by atoms with Crippen molar-refractivity contribution in [1.82, 2.24) is 4.98 Å². The van der Waals surface area contributed by atoms with E-state index in [2.05, 4.69) is 25.8 Å². The first-order valence-electron chi connectivity index (χ1n) is 10.2. The number of ether oxygens (including phenoxy) is 3. The summed E-state index contributed by atoms with van der Waals surface area (Å²) >= 11 is 1.48. The van der Waals surface area contributed by atoms with E-state index in [1.54, 1.807) is 39.7 Å². The predicted octanol–water partition coefficient (Wildman–Crippen LogP) is 5.72. The van der Waals surface area contributed by atoms with E-state index in [0.29, 0.717) is 34.4 Å². The molecule has 0 aliphatic carbocycles. The van der Waals surface area contributed by atoms with Gasteiger partial charge in [-0.25, -0.2) is 9.98 Å². The number of hydrogen-bond donors (Lipinski definition) is 0. The van der Waals surface area contributed by atoms with E-state index in [0.717, 1.165) is 16.1 Å². The summed E-state index contributed by atoms with van der Waals surface area (Å²) in [4.78, 5) is 20.9. The van der Waals surface area contributed by atoms with Crippen molar-refractivity contribution in [3.63, 3.8) is 0 Å². The highest BCUT2D eigenvalue weighted by molar-refractivity contribution is 7.15. The van der Waals surface area contributed by atoms with Crippen LogP contribution in [0.3, 0.4) is 0 Å². The van der Waals surface area contributed by atoms with Gasteiger partial charge in [0.25, 0.3) is 5.69 Å². The summed E-state index contributed by atoms with van der Waals surface area (Å²) in [6.07, 6.45) is 2.18. The Hall–Kier alpha value is -3.46. The van der Waals surface area contributed by atoms with Crippen LogP contribution in [0.2, 0.25) is 0 Å². The summed E-state index contributed by atoms with van der Waals surface area (Å²) in [5.74, 6) is 1.92. The van der Waals surface area contributed by atoms with E-state index in [9.17, 15) is 10.1 Å². The number of aromatic nitrogens is 1. The molecule has 0 spiro atoms. The summed E-state index contributed by atoms with van der Waals surface area (Å²) in [7, 11) is 4.81. The molecule has 8 nitrogen and oxygen atoms in total. The van der Waals surface area contributed by atoms with Gasteiger partial charge in [0.1, 0.15) is 5.75 Å². The van der Waals surface area contributed by atoms with Gasteiger partial charge in [0, 0.05) is 46.7 Å². The minimum Gasteiger partial charge on any atom is -0.496 e. The van der Waals surface area contributed by atoms with Crippen molar-refractivity contribution < 1.29 is 19.1 Å². The number of non-ortho nitro benzene ring substituents is 1. The molecule has 0 aliphatic heterocycles. The third-order valence-corrected chi connectivity index (χ3v) is 5.90. The number of rotatable bonds is 8. The van der Waals surface area contributed by atoms with E-state index in [1.807, 2.05) is 12.1 Å². The van der Waals surface area contributed by atoms with Crippen LogP contribution in [0.4, 0.5) is 10.8 Å². The fraction of sp³-hybridized carbons (Fsp3) is 0.333. The Kier molecular flexibility index (Phi) is 7.33. The summed E-state index contributed by atoms with van der Waals surface area (Å²) in [6.45, 7) is 6.31. The molecular weight excluding hydrogens is 442 g/mol. The molecule has 1 aromatic heterocycles. The zero-order chi connectivity index (χ0) is 24.2. The first kappa shape index (κ1) is 24.2. The van der Waals surface area contributed by atoms with Crippen LogP contribution < -0.4 is 14.2 Å². The monoisotopic (exact) mass is 469 g/mol. The highest BCUT2D eigenvalue weighted by Gasteiger charge is 2.24. The van der Waals surface area contributed by atoms with Gasteiger partial charge in [-0.05, 0) is 11.6 Å². The Bertz CT molecular complexity index is 1180. The molecule has 0 bridgehead atoms. The maximum atomic E-state index is 11.0. The maximum Gasteiger partial charge on any atom is 0.270 e. The lowest BCUT2D eigenvalue weighted by Gasteiger charge is -2.18. The molecule has 1 heterocycles. The van der Waals surface area contributed by atoms with Gasteiger partial charge >= 0.3 is 0 Å². The molecule has 9 heteroatoms. The van der Waals surface area contributed by atoms with E-state index in [1.165, 1.54) is 23.5 Å². The molecule has 0 amide bonds. The lowest BCUT2D eigenvalue weighted by molar-refractivity contribution is -0.384. The van der Waals surface area contributed by atoms with Gasteiger partial charge in [-0.3, -0.25) is 10.1 Å². The van der Waals surface area contributed by atoms with Crippen LogP contribution in [0.15, 0.2) is 41.4 Å². The average Bonchev–Trinajstić information content (AvgIpc) is 3.20. The van der Waals surface area contributed by atoms with Gasteiger partial charge < -0.3 is 14.2 Å². The fourth-order valence-electron chi connectivity index (χ4n) is 3.35. The molecule has 0 N–H and O–H groups in total. The number of methoxy groups -OCH3 is 3.